The molecule has 1 aromatic carbocycles. The number of hydrogen-bond donors (Lipinski definition) is 2. The molecule has 100 valence electrons. The Labute approximate surface area is 116 Å². The zero-order valence-corrected chi connectivity index (χ0v) is 11.7. The number of benzene rings is 1. The van der Waals surface area contributed by atoms with Gasteiger partial charge >= 0.3 is 0 Å². The van der Waals surface area contributed by atoms with E-state index in [1.54, 1.807) is 31.3 Å². The minimum Gasteiger partial charge on any atom is -0.373 e. The second-order valence-corrected chi connectivity index (χ2v) is 5.86. The van der Waals surface area contributed by atoms with Crippen LogP contribution in [0.4, 0.5) is 11.5 Å². The fourth-order valence-corrected chi connectivity index (χ4v) is 2.73. The van der Waals surface area contributed by atoms with Crippen molar-refractivity contribution in [3.63, 3.8) is 0 Å². The van der Waals surface area contributed by atoms with Crippen molar-refractivity contribution in [2.45, 2.75) is 4.90 Å². The van der Waals surface area contributed by atoms with Gasteiger partial charge in [0.1, 0.15) is 5.82 Å². The van der Waals surface area contributed by atoms with E-state index in [1.165, 1.54) is 18.3 Å². The Morgan fingerprint density at radius 2 is 2.00 bits per heavy atom. The van der Waals surface area contributed by atoms with E-state index in [2.05, 4.69) is 15.0 Å². The average molecular weight is 298 g/mol. The first-order valence-electron chi connectivity index (χ1n) is 5.43. The maximum Gasteiger partial charge on any atom is 0.262 e. The Balaban J connectivity index is 2.32. The van der Waals surface area contributed by atoms with Gasteiger partial charge in [-0.15, -0.1) is 0 Å². The molecule has 0 unspecified atom stereocenters. The van der Waals surface area contributed by atoms with E-state index in [1.807, 2.05) is 0 Å². The Morgan fingerprint density at radius 1 is 1.21 bits per heavy atom. The lowest BCUT2D eigenvalue weighted by Crippen LogP contribution is -2.13. The van der Waals surface area contributed by atoms with Gasteiger partial charge < -0.3 is 5.32 Å². The van der Waals surface area contributed by atoms with Crippen molar-refractivity contribution in [1.29, 1.82) is 0 Å². The van der Waals surface area contributed by atoms with Crippen LogP contribution in [-0.4, -0.2) is 20.4 Å². The number of hydrogen-bond acceptors (Lipinski definition) is 4. The fraction of sp³-hybridized carbons (Fsp3) is 0.0833. The van der Waals surface area contributed by atoms with E-state index in [0.29, 0.717) is 16.5 Å². The molecule has 2 rings (SSSR count). The molecule has 0 fully saturated rings. The monoisotopic (exact) mass is 297 g/mol. The van der Waals surface area contributed by atoms with Crippen LogP contribution in [-0.2, 0) is 10.0 Å². The maximum atomic E-state index is 12.2. The lowest BCUT2D eigenvalue weighted by atomic mass is 10.3. The van der Waals surface area contributed by atoms with Gasteiger partial charge in [-0.1, -0.05) is 17.7 Å². The van der Waals surface area contributed by atoms with Gasteiger partial charge in [0.2, 0.25) is 0 Å². The van der Waals surface area contributed by atoms with Crippen LogP contribution in [0.5, 0.6) is 0 Å². The fourth-order valence-electron chi connectivity index (χ4n) is 1.48. The van der Waals surface area contributed by atoms with Crippen LogP contribution in [0.15, 0.2) is 47.5 Å². The molecule has 2 aromatic rings. The number of anilines is 2. The summed E-state index contributed by atoms with van der Waals surface area (Å²) in [7, 11) is -1.98. The summed E-state index contributed by atoms with van der Waals surface area (Å²) < 4.78 is 26.8. The number of nitrogens with zero attached hydrogens (tertiary/aromatic N) is 1. The average Bonchev–Trinajstić information content (AvgIpc) is 2.38. The molecule has 0 aliphatic rings. The second-order valence-electron chi connectivity index (χ2n) is 3.74. The highest BCUT2D eigenvalue weighted by molar-refractivity contribution is 7.92. The number of sulfonamides is 1. The Hall–Kier alpha value is -1.79. The smallest absolute Gasteiger partial charge is 0.262 e. The summed E-state index contributed by atoms with van der Waals surface area (Å²) in [5, 5.41) is 3.25. The van der Waals surface area contributed by atoms with Crippen molar-refractivity contribution >= 4 is 33.1 Å². The molecule has 0 aliphatic carbocycles. The molecule has 5 nitrogen and oxygen atoms in total. The summed E-state index contributed by atoms with van der Waals surface area (Å²) in [6.07, 6.45) is 1.43. The molecule has 0 bridgehead atoms. The van der Waals surface area contributed by atoms with Crippen molar-refractivity contribution in [3.8, 4) is 0 Å². The third-order valence-electron chi connectivity index (χ3n) is 2.37. The number of aromatic nitrogens is 1. The minimum atomic E-state index is -3.65. The summed E-state index contributed by atoms with van der Waals surface area (Å²) >= 11 is 5.81. The predicted molar refractivity (Wildman–Crippen MR) is 76.0 cm³/mol. The minimum absolute atomic E-state index is 0.131. The molecule has 0 radical (unpaired) electrons. The molecule has 1 aromatic heterocycles. The molecule has 1 heterocycles. The van der Waals surface area contributed by atoms with Gasteiger partial charge in [-0.2, -0.15) is 0 Å². The molecule has 0 amide bonds. The van der Waals surface area contributed by atoms with Gasteiger partial charge in [0, 0.05) is 24.3 Å². The zero-order chi connectivity index (χ0) is 13.9. The van der Waals surface area contributed by atoms with E-state index < -0.39 is 10.0 Å². The van der Waals surface area contributed by atoms with Crippen molar-refractivity contribution in [2.24, 2.45) is 0 Å². The van der Waals surface area contributed by atoms with Crippen LogP contribution in [0.3, 0.4) is 0 Å². The number of nitrogens with one attached hydrogen (secondary N) is 2. The molecule has 7 heteroatoms. The van der Waals surface area contributed by atoms with E-state index >= 15 is 0 Å². The van der Waals surface area contributed by atoms with Gasteiger partial charge in [-0.25, -0.2) is 13.4 Å². The van der Waals surface area contributed by atoms with Gasteiger partial charge in [0.05, 0.1) is 10.6 Å². The first-order valence-corrected chi connectivity index (χ1v) is 7.29. The number of halogens is 1. The molecule has 0 spiro atoms. The van der Waals surface area contributed by atoms with E-state index in [4.69, 9.17) is 11.6 Å². The third-order valence-corrected chi connectivity index (χ3v) is 3.99. The SMILES string of the molecule is CNc1cc(S(=O)(=O)Nc2cccc(Cl)c2)ccn1. The van der Waals surface area contributed by atoms with Crippen LogP contribution in [0.25, 0.3) is 0 Å². The Morgan fingerprint density at radius 3 is 2.68 bits per heavy atom. The van der Waals surface area contributed by atoms with Crippen LogP contribution in [0.1, 0.15) is 0 Å². The highest BCUT2D eigenvalue weighted by atomic mass is 35.5. The molecule has 19 heavy (non-hydrogen) atoms. The summed E-state index contributed by atoms with van der Waals surface area (Å²) in [4.78, 5) is 4.10. The molecular weight excluding hydrogens is 286 g/mol. The van der Waals surface area contributed by atoms with Crippen molar-refractivity contribution < 1.29 is 8.42 Å². The largest absolute Gasteiger partial charge is 0.373 e. The van der Waals surface area contributed by atoms with Gasteiger partial charge in [-0.3, -0.25) is 4.72 Å². The lowest BCUT2D eigenvalue weighted by molar-refractivity contribution is 0.601. The third kappa shape index (κ3) is 3.36. The van der Waals surface area contributed by atoms with Gasteiger partial charge in [0.25, 0.3) is 10.0 Å². The number of rotatable bonds is 4. The van der Waals surface area contributed by atoms with Crippen molar-refractivity contribution in [3.05, 3.63) is 47.6 Å². The van der Waals surface area contributed by atoms with Crippen LogP contribution < -0.4 is 10.0 Å². The normalized spacial score (nSPS) is 11.1. The topological polar surface area (TPSA) is 71.1 Å². The van der Waals surface area contributed by atoms with E-state index in [-0.39, 0.29) is 4.90 Å². The van der Waals surface area contributed by atoms with E-state index in [9.17, 15) is 8.42 Å². The van der Waals surface area contributed by atoms with Gasteiger partial charge in [0.15, 0.2) is 0 Å². The molecule has 0 saturated carbocycles. The summed E-state index contributed by atoms with van der Waals surface area (Å²) in [6, 6.07) is 9.39. The van der Waals surface area contributed by atoms with Crippen LogP contribution in [0.2, 0.25) is 5.02 Å². The van der Waals surface area contributed by atoms with Crippen LogP contribution >= 0.6 is 11.6 Å². The van der Waals surface area contributed by atoms with Crippen molar-refractivity contribution in [1.82, 2.24) is 4.98 Å². The Kier molecular flexibility index (Phi) is 3.92. The zero-order valence-electron chi connectivity index (χ0n) is 10.1. The molecule has 0 atom stereocenters. The lowest BCUT2D eigenvalue weighted by Gasteiger charge is -2.09. The highest BCUT2D eigenvalue weighted by Gasteiger charge is 2.14. The predicted octanol–water partition coefficient (Wildman–Crippen LogP) is 2.58. The molecule has 0 aliphatic heterocycles. The van der Waals surface area contributed by atoms with Crippen molar-refractivity contribution in [2.75, 3.05) is 17.1 Å². The summed E-state index contributed by atoms with van der Waals surface area (Å²) in [6.45, 7) is 0. The maximum absolute atomic E-state index is 12.2. The number of pyridine rings is 1. The summed E-state index contributed by atoms with van der Waals surface area (Å²) in [5.74, 6) is 0.481. The molecular formula is C12H12ClN3O2S. The molecule has 0 saturated heterocycles. The summed E-state index contributed by atoms with van der Waals surface area (Å²) in [5.41, 5.74) is 0.412. The first kappa shape index (κ1) is 13.6. The highest BCUT2D eigenvalue weighted by Crippen LogP contribution is 2.20. The van der Waals surface area contributed by atoms with Crippen LogP contribution in [0, 0.1) is 0 Å². The Bertz CT molecular complexity index is 689. The first-order chi connectivity index (χ1) is 9.01. The van der Waals surface area contributed by atoms with Gasteiger partial charge in [-0.05, 0) is 24.3 Å². The second kappa shape index (κ2) is 5.46. The van der Waals surface area contributed by atoms with E-state index in [0.717, 1.165) is 0 Å². The standard InChI is InChI=1S/C12H12ClN3O2S/c1-14-12-8-11(5-6-15-12)19(17,18)16-10-4-2-3-9(13)7-10/h2-8,16H,1H3,(H,14,15). The molecule has 2 N–H and O–H groups in total. The quantitative estimate of drug-likeness (QED) is 0.910.